The molecular weight excluding hydrogens is 314 g/mol. The van der Waals surface area contributed by atoms with E-state index in [2.05, 4.69) is 48.2 Å². The minimum absolute atomic E-state index is 0.0204. The number of hydrogen-bond donors (Lipinski definition) is 2. The maximum atomic E-state index is 11.9. The molecule has 1 saturated heterocycles. The van der Waals surface area contributed by atoms with Crippen LogP contribution >= 0.6 is 0 Å². The number of rotatable bonds is 9. The second-order valence-corrected chi connectivity index (χ2v) is 7.78. The van der Waals surface area contributed by atoms with Gasteiger partial charge in [-0.05, 0) is 51.6 Å². The van der Waals surface area contributed by atoms with E-state index < -0.39 is 0 Å². The molecule has 6 heteroatoms. The van der Waals surface area contributed by atoms with Gasteiger partial charge in [0.1, 0.15) is 6.54 Å². The average molecular weight is 354 g/mol. The van der Waals surface area contributed by atoms with Crippen LogP contribution in [0.1, 0.15) is 53.4 Å². The minimum atomic E-state index is 0.0204. The molecule has 0 aromatic heterocycles. The third-order valence-electron chi connectivity index (χ3n) is 4.84. The Labute approximate surface area is 154 Å². The zero-order valence-electron chi connectivity index (χ0n) is 17.1. The van der Waals surface area contributed by atoms with E-state index >= 15 is 0 Å². The number of nitrogens with one attached hydrogen (secondary N) is 2. The Morgan fingerprint density at radius 1 is 1.28 bits per heavy atom. The third kappa shape index (κ3) is 8.56. The summed E-state index contributed by atoms with van der Waals surface area (Å²) >= 11 is 0. The van der Waals surface area contributed by atoms with E-state index in [4.69, 9.17) is 0 Å². The van der Waals surface area contributed by atoms with Crippen LogP contribution in [0.15, 0.2) is 4.99 Å². The quantitative estimate of drug-likeness (QED) is 0.491. The summed E-state index contributed by atoms with van der Waals surface area (Å²) in [4.78, 5) is 20.5. The van der Waals surface area contributed by atoms with Crippen molar-refractivity contribution in [1.29, 1.82) is 0 Å². The maximum absolute atomic E-state index is 11.9. The summed E-state index contributed by atoms with van der Waals surface area (Å²) in [6.45, 7) is 12.2. The average Bonchev–Trinajstić information content (AvgIpc) is 3.02. The fraction of sp³-hybridized carbons (Fsp3) is 0.895. The summed E-state index contributed by atoms with van der Waals surface area (Å²) in [5.41, 5.74) is 0. The fourth-order valence-corrected chi connectivity index (χ4v) is 3.09. The Bertz CT molecular complexity index is 422. The highest BCUT2D eigenvalue weighted by molar-refractivity contribution is 5.84. The first-order chi connectivity index (χ1) is 11.8. The number of aliphatic imine (C=N–C) groups is 1. The second-order valence-electron chi connectivity index (χ2n) is 7.78. The van der Waals surface area contributed by atoms with E-state index in [1.165, 1.54) is 25.8 Å². The van der Waals surface area contributed by atoms with Crippen molar-refractivity contribution < 1.29 is 4.79 Å². The first kappa shape index (κ1) is 21.7. The largest absolute Gasteiger partial charge is 0.355 e. The number of carbonyl (C=O) groups excluding carboxylic acids is 1. The third-order valence-corrected chi connectivity index (χ3v) is 4.84. The van der Waals surface area contributed by atoms with Crippen LogP contribution in [0.25, 0.3) is 0 Å². The van der Waals surface area contributed by atoms with Gasteiger partial charge < -0.3 is 15.5 Å². The van der Waals surface area contributed by atoms with Crippen molar-refractivity contribution in [3.63, 3.8) is 0 Å². The molecule has 0 aromatic carbocycles. The van der Waals surface area contributed by atoms with Gasteiger partial charge in [0, 0.05) is 32.7 Å². The number of nitrogens with zero attached hydrogens (tertiary/aromatic N) is 3. The molecule has 1 amide bonds. The molecule has 0 bridgehead atoms. The zero-order chi connectivity index (χ0) is 18.8. The molecule has 0 spiro atoms. The molecule has 25 heavy (non-hydrogen) atoms. The van der Waals surface area contributed by atoms with Crippen molar-refractivity contribution in [2.24, 2.45) is 10.9 Å². The van der Waals surface area contributed by atoms with Gasteiger partial charge in [0.2, 0.25) is 5.91 Å². The molecule has 1 heterocycles. The van der Waals surface area contributed by atoms with Crippen LogP contribution in [0, 0.1) is 5.92 Å². The van der Waals surface area contributed by atoms with Gasteiger partial charge in [-0.15, -0.1) is 0 Å². The Hall–Kier alpha value is -1.30. The Kier molecular flexibility index (Phi) is 9.86. The van der Waals surface area contributed by atoms with Gasteiger partial charge >= 0.3 is 0 Å². The molecule has 0 saturated carbocycles. The van der Waals surface area contributed by atoms with Crippen LogP contribution in [-0.4, -0.2) is 74.0 Å². The van der Waals surface area contributed by atoms with Gasteiger partial charge in [-0.1, -0.05) is 20.8 Å². The number of hydrogen-bond acceptors (Lipinski definition) is 3. The Morgan fingerprint density at radius 3 is 2.60 bits per heavy atom. The molecule has 6 nitrogen and oxygen atoms in total. The van der Waals surface area contributed by atoms with Gasteiger partial charge in [0.05, 0.1) is 0 Å². The number of likely N-dealkylation sites (tertiary alicyclic amines) is 1. The van der Waals surface area contributed by atoms with E-state index in [9.17, 15) is 4.79 Å². The normalized spacial score (nSPS) is 20.0. The molecule has 2 atom stereocenters. The van der Waals surface area contributed by atoms with E-state index in [1.54, 1.807) is 19.0 Å². The van der Waals surface area contributed by atoms with E-state index in [-0.39, 0.29) is 12.5 Å². The zero-order valence-corrected chi connectivity index (χ0v) is 17.1. The van der Waals surface area contributed by atoms with Gasteiger partial charge in [0.15, 0.2) is 5.96 Å². The predicted octanol–water partition coefficient (Wildman–Crippen LogP) is 1.92. The highest BCUT2D eigenvalue weighted by Gasteiger charge is 2.23. The summed E-state index contributed by atoms with van der Waals surface area (Å²) in [7, 11) is 3.53. The van der Waals surface area contributed by atoms with Gasteiger partial charge in [-0.2, -0.15) is 0 Å². The van der Waals surface area contributed by atoms with Gasteiger partial charge in [0.25, 0.3) is 0 Å². The smallest absolute Gasteiger partial charge is 0.243 e. The van der Waals surface area contributed by atoms with E-state index in [1.807, 2.05) is 0 Å². The van der Waals surface area contributed by atoms with Crippen molar-refractivity contribution in [3.8, 4) is 0 Å². The minimum Gasteiger partial charge on any atom is -0.355 e. The van der Waals surface area contributed by atoms with Gasteiger partial charge in [-0.3, -0.25) is 9.69 Å². The number of guanidine groups is 1. The van der Waals surface area contributed by atoms with E-state index in [0.717, 1.165) is 25.5 Å². The van der Waals surface area contributed by atoms with Crippen molar-refractivity contribution in [2.45, 2.75) is 65.5 Å². The van der Waals surface area contributed by atoms with Crippen LogP contribution < -0.4 is 10.6 Å². The van der Waals surface area contributed by atoms with E-state index in [0.29, 0.717) is 18.0 Å². The predicted molar refractivity (Wildman–Crippen MR) is 106 cm³/mol. The summed E-state index contributed by atoms with van der Waals surface area (Å²) < 4.78 is 0. The Morgan fingerprint density at radius 2 is 2.00 bits per heavy atom. The van der Waals surface area contributed by atoms with Crippen molar-refractivity contribution in [3.05, 3.63) is 0 Å². The summed E-state index contributed by atoms with van der Waals surface area (Å²) in [5, 5.41) is 6.94. The van der Waals surface area contributed by atoms with Crippen molar-refractivity contribution in [2.75, 3.05) is 40.3 Å². The first-order valence-electron chi connectivity index (χ1n) is 9.82. The molecule has 2 unspecified atom stereocenters. The van der Waals surface area contributed by atoms with Crippen LogP contribution in [0.5, 0.6) is 0 Å². The SMILES string of the molecule is CCN1CCCC1CNC(=NCC(=O)N(C)C)NC(C)CCC(C)C. The van der Waals surface area contributed by atoms with Crippen LogP contribution in [-0.2, 0) is 4.79 Å². The first-order valence-corrected chi connectivity index (χ1v) is 9.82. The molecule has 1 aliphatic rings. The molecule has 0 radical (unpaired) electrons. The molecule has 0 aromatic rings. The molecule has 2 N–H and O–H groups in total. The Balaban J connectivity index is 2.60. The van der Waals surface area contributed by atoms with Crippen molar-refractivity contribution >= 4 is 11.9 Å². The fourth-order valence-electron chi connectivity index (χ4n) is 3.09. The highest BCUT2D eigenvalue weighted by atomic mass is 16.2. The molecule has 1 fully saturated rings. The lowest BCUT2D eigenvalue weighted by atomic mass is 10.0. The van der Waals surface area contributed by atoms with Crippen LogP contribution in [0.3, 0.4) is 0 Å². The standard InChI is InChI=1S/C19H39N5O/c1-7-24-12-8-9-17(24)13-20-19(21-14-18(25)23(5)6)22-16(4)11-10-15(2)3/h15-17H,7-14H2,1-6H3,(H2,20,21,22). The lowest BCUT2D eigenvalue weighted by Crippen LogP contribution is -2.47. The molecule has 0 aliphatic carbocycles. The number of carbonyl (C=O) groups is 1. The van der Waals surface area contributed by atoms with Crippen molar-refractivity contribution in [1.82, 2.24) is 20.4 Å². The lowest BCUT2D eigenvalue weighted by Gasteiger charge is -2.25. The monoisotopic (exact) mass is 353 g/mol. The van der Waals surface area contributed by atoms with Crippen LogP contribution in [0.2, 0.25) is 0 Å². The van der Waals surface area contributed by atoms with Crippen LogP contribution in [0.4, 0.5) is 0 Å². The second kappa shape index (κ2) is 11.3. The summed E-state index contributed by atoms with van der Waals surface area (Å²) in [6, 6.07) is 0.904. The maximum Gasteiger partial charge on any atom is 0.243 e. The lowest BCUT2D eigenvalue weighted by molar-refractivity contribution is -0.127. The molecule has 146 valence electrons. The number of amides is 1. The van der Waals surface area contributed by atoms with Gasteiger partial charge in [-0.25, -0.2) is 4.99 Å². The summed E-state index contributed by atoms with van der Waals surface area (Å²) in [6.07, 6.45) is 4.78. The highest BCUT2D eigenvalue weighted by Crippen LogP contribution is 2.15. The summed E-state index contributed by atoms with van der Waals surface area (Å²) in [5.74, 6) is 1.48. The molecular formula is C19H39N5O. The molecule has 1 rings (SSSR count). The number of likely N-dealkylation sites (N-methyl/N-ethyl adjacent to an activating group) is 2. The topological polar surface area (TPSA) is 60.0 Å². The molecule has 1 aliphatic heterocycles.